The Labute approximate surface area is 220 Å². The van der Waals surface area contributed by atoms with E-state index in [1.165, 1.54) is 4.90 Å². The van der Waals surface area contributed by atoms with E-state index in [9.17, 15) is 9.59 Å². The van der Waals surface area contributed by atoms with Gasteiger partial charge in [-0.3, -0.25) is 4.79 Å². The van der Waals surface area contributed by atoms with Crippen LogP contribution in [0.1, 0.15) is 22.8 Å². The molecule has 1 unspecified atom stereocenters. The molecule has 4 aromatic carbocycles. The predicted octanol–water partition coefficient (Wildman–Crippen LogP) is 7.35. The van der Waals surface area contributed by atoms with Gasteiger partial charge in [-0.2, -0.15) is 0 Å². The topological polar surface area (TPSA) is 65.1 Å². The summed E-state index contributed by atoms with van der Waals surface area (Å²) >= 11 is 0. The van der Waals surface area contributed by atoms with Crippen LogP contribution < -0.4 is 19.1 Å². The summed E-state index contributed by atoms with van der Waals surface area (Å²) in [6.07, 6.45) is 2.88. The molecule has 0 fully saturated rings. The monoisotopic (exact) mass is 501 g/mol. The zero-order valence-electron chi connectivity index (χ0n) is 20.5. The standard InChI is InChI=1S/C32H23NO5/c1-21-23(18-22-10-8-9-15-28(22)36-21)19-30-31(34)27-17-16-26(20-29(27)38-30)37-32(35)33(24-11-4-2-5-12-24)25-13-6-3-7-14-25/h2-21H,1H3/b30-19-. The highest BCUT2D eigenvalue weighted by Gasteiger charge is 2.30. The summed E-state index contributed by atoms with van der Waals surface area (Å²) in [6, 6.07) is 31.0. The van der Waals surface area contributed by atoms with Gasteiger partial charge in [-0.25, -0.2) is 9.69 Å². The summed E-state index contributed by atoms with van der Waals surface area (Å²) in [5, 5.41) is 0. The number of carbonyl (C=O) groups excluding carboxylic acids is 2. The molecule has 2 aliphatic rings. The Morgan fingerprint density at radius 2 is 1.50 bits per heavy atom. The van der Waals surface area contributed by atoms with E-state index in [-0.39, 0.29) is 23.4 Å². The van der Waals surface area contributed by atoms with Crippen molar-refractivity contribution in [2.75, 3.05) is 4.90 Å². The first kappa shape index (κ1) is 23.3. The number of nitrogens with zero attached hydrogens (tertiary/aromatic N) is 1. The Bertz CT molecular complexity index is 1550. The highest BCUT2D eigenvalue weighted by atomic mass is 16.6. The van der Waals surface area contributed by atoms with Gasteiger partial charge in [-0.05, 0) is 67.1 Å². The second-order valence-electron chi connectivity index (χ2n) is 8.91. The van der Waals surface area contributed by atoms with Gasteiger partial charge in [0, 0.05) is 11.6 Å². The summed E-state index contributed by atoms with van der Waals surface area (Å²) in [6.45, 7) is 1.92. The van der Waals surface area contributed by atoms with E-state index in [1.54, 1.807) is 24.3 Å². The lowest BCUT2D eigenvalue weighted by Gasteiger charge is -2.22. The van der Waals surface area contributed by atoms with Crippen molar-refractivity contribution in [3.05, 3.63) is 132 Å². The van der Waals surface area contributed by atoms with Crippen LogP contribution in [0.4, 0.5) is 16.2 Å². The third-order valence-electron chi connectivity index (χ3n) is 6.37. The number of rotatable bonds is 4. The van der Waals surface area contributed by atoms with Crippen LogP contribution in [-0.4, -0.2) is 18.0 Å². The van der Waals surface area contributed by atoms with Crippen LogP contribution in [0.2, 0.25) is 0 Å². The average molecular weight is 502 g/mol. The molecule has 0 radical (unpaired) electrons. The summed E-state index contributed by atoms with van der Waals surface area (Å²) in [5.74, 6) is 1.36. The van der Waals surface area contributed by atoms with E-state index in [0.717, 1.165) is 16.9 Å². The van der Waals surface area contributed by atoms with E-state index in [1.807, 2.05) is 97.9 Å². The number of amides is 1. The van der Waals surface area contributed by atoms with Gasteiger partial charge in [-0.15, -0.1) is 0 Å². The van der Waals surface area contributed by atoms with Crippen molar-refractivity contribution in [2.45, 2.75) is 13.0 Å². The molecule has 6 heteroatoms. The van der Waals surface area contributed by atoms with Crippen LogP contribution >= 0.6 is 0 Å². The minimum absolute atomic E-state index is 0.194. The first-order valence-electron chi connectivity index (χ1n) is 12.2. The van der Waals surface area contributed by atoms with Crippen LogP contribution in [0, 0.1) is 0 Å². The molecule has 1 atom stereocenters. The number of allylic oxidation sites excluding steroid dienone is 1. The maximum Gasteiger partial charge on any atom is 0.424 e. The van der Waals surface area contributed by atoms with Gasteiger partial charge < -0.3 is 14.2 Å². The molecule has 186 valence electrons. The summed E-state index contributed by atoms with van der Waals surface area (Å²) in [4.78, 5) is 27.8. The molecule has 38 heavy (non-hydrogen) atoms. The van der Waals surface area contributed by atoms with Crippen LogP contribution in [0.3, 0.4) is 0 Å². The van der Waals surface area contributed by atoms with E-state index in [0.29, 0.717) is 22.7 Å². The van der Waals surface area contributed by atoms with Gasteiger partial charge in [-0.1, -0.05) is 54.6 Å². The minimum atomic E-state index is -0.584. The normalized spacial score (nSPS) is 16.6. The summed E-state index contributed by atoms with van der Waals surface area (Å²) in [7, 11) is 0. The Morgan fingerprint density at radius 1 is 0.842 bits per heavy atom. The molecule has 6 nitrogen and oxygen atoms in total. The van der Waals surface area contributed by atoms with Gasteiger partial charge in [0.05, 0.1) is 16.9 Å². The molecule has 0 saturated heterocycles. The largest absolute Gasteiger partial charge is 0.485 e. The molecule has 0 saturated carbocycles. The molecule has 2 heterocycles. The van der Waals surface area contributed by atoms with Crippen LogP contribution in [0.15, 0.2) is 121 Å². The molecule has 0 bridgehead atoms. The molecule has 0 aromatic heterocycles. The Hall–Kier alpha value is -5.10. The molecular weight excluding hydrogens is 478 g/mol. The molecular formula is C32H23NO5. The van der Waals surface area contributed by atoms with Gasteiger partial charge in [0.15, 0.2) is 5.76 Å². The van der Waals surface area contributed by atoms with Crippen molar-refractivity contribution in [3.8, 4) is 17.2 Å². The Balaban J connectivity index is 1.25. The lowest BCUT2D eigenvalue weighted by molar-refractivity contribution is 0.101. The van der Waals surface area contributed by atoms with Crippen molar-refractivity contribution in [1.29, 1.82) is 0 Å². The van der Waals surface area contributed by atoms with Crippen molar-refractivity contribution >= 4 is 29.3 Å². The van der Waals surface area contributed by atoms with Crippen LogP contribution in [0.5, 0.6) is 17.2 Å². The van der Waals surface area contributed by atoms with E-state index in [4.69, 9.17) is 14.2 Å². The van der Waals surface area contributed by atoms with Gasteiger partial charge in [0.1, 0.15) is 23.4 Å². The van der Waals surface area contributed by atoms with Crippen LogP contribution in [-0.2, 0) is 0 Å². The lowest BCUT2D eigenvalue weighted by atomic mass is 10.0. The summed E-state index contributed by atoms with van der Waals surface area (Å²) in [5.41, 5.74) is 3.51. The summed E-state index contributed by atoms with van der Waals surface area (Å²) < 4.78 is 17.6. The molecule has 0 N–H and O–H groups in total. The number of anilines is 2. The van der Waals surface area contributed by atoms with Gasteiger partial charge >= 0.3 is 6.09 Å². The van der Waals surface area contributed by atoms with Crippen molar-refractivity contribution in [1.82, 2.24) is 0 Å². The third kappa shape index (κ3) is 4.44. The van der Waals surface area contributed by atoms with Crippen molar-refractivity contribution < 1.29 is 23.8 Å². The van der Waals surface area contributed by atoms with Gasteiger partial charge in [0.25, 0.3) is 0 Å². The second kappa shape index (κ2) is 9.75. The Morgan fingerprint density at radius 3 is 2.21 bits per heavy atom. The smallest absolute Gasteiger partial charge is 0.424 e. The van der Waals surface area contributed by atoms with Gasteiger partial charge in [0.2, 0.25) is 5.78 Å². The first-order chi connectivity index (χ1) is 18.6. The second-order valence-corrected chi connectivity index (χ2v) is 8.91. The number of hydrogen-bond acceptors (Lipinski definition) is 5. The zero-order valence-corrected chi connectivity index (χ0v) is 20.5. The average Bonchev–Trinajstić information content (AvgIpc) is 3.24. The van der Waals surface area contributed by atoms with Crippen LogP contribution in [0.25, 0.3) is 6.08 Å². The highest BCUT2D eigenvalue weighted by Crippen LogP contribution is 2.37. The fourth-order valence-electron chi connectivity index (χ4n) is 4.46. The fourth-order valence-corrected chi connectivity index (χ4v) is 4.46. The molecule has 0 aliphatic carbocycles. The molecule has 2 aliphatic heterocycles. The number of para-hydroxylation sites is 3. The predicted molar refractivity (Wildman–Crippen MR) is 145 cm³/mol. The first-order valence-corrected chi connectivity index (χ1v) is 12.2. The third-order valence-corrected chi connectivity index (χ3v) is 6.37. The number of hydrogen-bond donors (Lipinski definition) is 0. The molecule has 4 aromatic rings. The fraction of sp³-hybridized carbons (Fsp3) is 0.0625. The number of Topliss-reactive ketones (excluding diaryl/α,β-unsaturated/α-hetero) is 1. The zero-order chi connectivity index (χ0) is 26.1. The number of fused-ring (bicyclic) bond motifs is 2. The molecule has 1 amide bonds. The number of carbonyl (C=O) groups is 2. The maximum atomic E-state index is 13.3. The van der Waals surface area contributed by atoms with Crippen molar-refractivity contribution in [3.63, 3.8) is 0 Å². The van der Waals surface area contributed by atoms with E-state index in [2.05, 4.69) is 0 Å². The lowest BCUT2D eigenvalue weighted by Crippen LogP contribution is -2.29. The number of ketones is 1. The quantitative estimate of drug-likeness (QED) is 0.274. The van der Waals surface area contributed by atoms with E-state index >= 15 is 0 Å². The molecule has 6 rings (SSSR count). The Kier molecular flexibility index (Phi) is 5.98. The number of benzene rings is 4. The SMILES string of the molecule is CC1Oc2ccccc2C=C1/C=C1\Oc2cc(OC(=O)N(c3ccccc3)c3ccccc3)ccc2C1=O. The highest BCUT2D eigenvalue weighted by molar-refractivity contribution is 6.12. The maximum absolute atomic E-state index is 13.3. The minimum Gasteiger partial charge on any atom is -0.485 e. The van der Waals surface area contributed by atoms with Crippen molar-refractivity contribution in [2.24, 2.45) is 0 Å². The molecule has 0 spiro atoms. The van der Waals surface area contributed by atoms with E-state index < -0.39 is 6.09 Å². The number of ether oxygens (including phenoxy) is 3.